The maximum absolute atomic E-state index is 10.2. The number of methoxy groups -OCH3 is 2. The molecule has 0 saturated carbocycles. The van der Waals surface area contributed by atoms with Crippen LogP contribution in [0.5, 0.6) is 11.5 Å². The van der Waals surface area contributed by atoms with Crippen LogP contribution in [0.25, 0.3) is 0 Å². The maximum Gasteiger partial charge on any atom is 0.133 e. The number of benzene rings is 1. The van der Waals surface area contributed by atoms with Crippen LogP contribution in [-0.4, -0.2) is 61.8 Å². The van der Waals surface area contributed by atoms with Crippen molar-refractivity contribution in [3.63, 3.8) is 0 Å². The molecular formula is C19H26N2O4. The van der Waals surface area contributed by atoms with Gasteiger partial charge in [0.1, 0.15) is 23.4 Å². The van der Waals surface area contributed by atoms with Gasteiger partial charge in [-0.1, -0.05) is 0 Å². The van der Waals surface area contributed by atoms with E-state index in [0.717, 1.165) is 44.2 Å². The van der Waals surface area contributed by atoms with E-state index >= 15 is 0 Å². The molecule has 2 aromatic rings. The van der Waals surface area contributed by atoms with E-state index in [-0.39, 0.29) is 0 Å². The van der Waals surface area contributed by atoms with Crippen LogP contribution in [0.2, 0.25) is 0 Å². The first-order valence-electron chi connectivity index (χ1n) is 8.56. The normalized spacial score (nSPS) is 17.4. The number of nitrogens with zero attached hydrogens (tertiary/aromatic N) is 2. The average Bonchev–Trinajstić information content (AvgIpc) is 3.18. The Kier molecular flexibility index (Phi) is 5.96. The Bertz CT molecular complexity index is 629. The van der Waals surface area contributed by atoms with Gasteiger partial charge in [-0.3, -0.25) is 9.80 Å². The lowest BCUT2D eigenvalue weighted by molar-refractivity contribution is 0.0597. The minimum Gasteiger partial charge on any atom is -0.497 e. The van der Waals surface area contributed by atoms with Crippen LogP contribution >= 0.6 is 0 Å². The molecule has 0 unspecified atom stereocenters. The monoisotopic (exact) mass is 346 g/mol. The summed E-state index contributed by atoms with van der Waals surface area (Å²) in [6.07, 6.45) is 1.03. The number of aliphatic hydroxyl groups is 1. The minimum atomic E-state index is -0.566. The number of rotatable bonds is 7. The average molecular weight is 346 g/mol. The van der Waals surface area contributed by atoms with Gasteiger partial charge in [0.15, 0.2) is 0 Å². The molecule has 6 nitrogen and oxygen atoms in total. The van der Waals surface area contributed by atoms with Crippen molar-refractivity contribution in [2.75, 3.05) is 46.9 Å². The number of aliphatic hydroxyl groups excluding tert-OH is 1. The molecule has 1 atom stereocenters. The Hall–Kier alpha value is -2.02. The smallest absolute Gasteiger partial charge is 0.133 e. The Morgan fingerprint density at radius 3 is 2.24 bits per heavy atom. The molecule has 1 aromatic heterocycles. The predicted octanol–water partition coefficient (Wildman–Crippen LogP) is 2.15. The third kappa shape index (κ3) is 4.75. The Labute approximate surface area is 148 Å². The molecule has 0 amide bonds. The van der Waals surface area contributed by atoms with Crippen molar-refractivity contribution in [1.82, 2.24) is 9.80 Å². The van der Waals surface area contributed by atoms with Gasteiger partial charge in [-0.25, -0.2) is 0 Å². The zero-order valence-corrected chi connectivity index (χ0v) is 14.9. The highest BCUT2D eigenvalue weighted by atomic mass is 16.5. The third-order valence-corrected chi connectivity index (χ3v) is 4.59. The van der Waals surface area contributed by atoms with Crippen molar-refractivity contribution < 1.29 is 19.0 Å². The third-order valence-electron chi connectivity index (χ3n) is 4.59. The van der Waals surface area contributed by atoms with E-state index in [9.17, 15) is 5.11 Å². The molecule has 0 aliphatic carbocycles. The lowest BCUT2D eigenvalue weighted by Crippen LogP contribution is -2.47. The fourth-order valence-corrected chi connectivity index (χ4v) is 3.16. The van der Waals surface area contributed by atoms with Gasteiger partial charge in [0, 0.05) is 45.3 Å². The summed E-state index contributed by atoms with van der Waals surface area (Å²) >= 11 is 0. The summed E-state index contributed by atoms with van der Waals surface area (Å²) in [5, 5.41) is 10.2. The van der Waals surface area contributed by atoms with Crippen LogP contribution in [0, 0.1) is 0 Å². The molecule has 0 bridgehead atoms. The number of hydrogen-bond donors (Lipinski definition) is 1. The fraction of sp³-hybridized carbons (Fsp3) is 0.474. The summed E-state index contributed by atoms with van der Waals surface area (Å²) in [5.74, 6) is 2.26. The van der Waals surface area contributed by atoms with Crippen molar-refractivity contribution in [2.45, 2.75) is 12.6 Å². The number of β-amino-alcohol motifs (C(OH)–C–C–N with tert-alkyl or cyclic N) is 1. The molecular weight excluding hydrogens is 320 g/mol. The molecule has 1 fully saturated rings. The highest BCUT2D eigenvalue weighted by molar-refractivity contribution is 5.38. The molecule has 1 aliphatic heterocycles. The summed E-state index contributed by atoms with van der Waals surface area (Å²) in [5.41, 5.74) is 1.18. The van der Waals surface area contributed by atoms with E-state index in [0.29, 0.717) is 12.3 Å². The van der Waals surface area contributed by atoms with E-state index in [2.05, 4.69) is 21.9 Å². The van der Waals surface area contributed by atoms with E-state index in [1.165, 1.54) is 5.56 Å². The molecule has 25 heavy (non-hydrogen) atoms. The minimum absolute atomic E-state index is 0.566. The molecule has 1 aliphatic rings. The number of piperazine rings is 1. The topological polar surface area (TPSA) is 58.3 Å². The van der Waals surface area contributed by atoms with Crippen molar-refractivity contribution >= 4 is 0 Å². The Morgan fingerprint density at radius 1 is 1.04 bits per heavy atom. The van der Waals surface area contributed by atoms with Crippen molar-refractivity contribution in [3.05, 3.63) is 47.9 Å². The van der Waals surface area contributed by atoms with Crippen molar-refractivity contribution in [1.29, 1.82) is 0 Å². The fourth-order valence-electron chi connectivity index (χ4n) is 3.16. The zero-order valence-electron chi connectivity index (χ0n) is 14.9. The summed E-state index contributed by atoms with van der Waals surface area (Å²) in [4.78, 5) is 4.68. The van der Waals surface area contributed by atoms with Gasteiger partial charge in [0.2, 0.25) is 0 Å². The van der Waals surface area contributed by atoms with E-state index < -0.39 is 6.10 Å². The first-order valence-corrected chi connectivity index (χ1v) is 8.56. The van der Waals surface area contributed by atoms with Crippen LogP contribution < -0.4 is 9.47 Å². The van der Waals surface area contributed by atoms with Crippen molar-refractivity contribution in [3.8, 4) is 11.5 Å². The standard InChI is InChI=1S/C19H26N2O4/c1-23-16-10-15(11-17(12-16)24-2)13-20-5-7-21(8-6-20)14-18(22)19-4-3-9-25-19/h3-4,9-12,18,22H,5-8,13-14H2,1-2H3/t18-/m0/s1. The SMILES string of the molecule is COc1cc(CN2CCN(C[C@H](O)c3ccco3)CC2)cc(OC)c1. The number of furan rings is 1. The second kappa shape index (κ2) is 8.38. The lowest BCUT2D eigenvalue weighted by Gasteiger charge is -2.35. The molecule has 6 heteroatoms. The van der Waals surface area contributed by atoms with Crippen molar-refractivity contribution in [2.24, 2.45) is 0 Å². The second-order valence-electron chi connectivity index (χ2n) is 6.33. The van der Waals surface area contributed by atoms with Gasteiger partial charge in [-0.05, 0) is 29.8 Å². The van der Waals surface area contributed by atoms with Crippen LogP contribution in [-0.2, 0) is 6.54 Å². The van der Waals surface area contributed by atoms with Gasteiger partial charge in [-0.15, -0.1) is 0 Å². The molecule has 3 rings (SSSR count). The first-order chi connectivity index (χ1) is 12.2. The highest BCUT2D eigenvalue weighted by Crippen LogP contribution is 2.24. The van der Waals surface area contributed by atoms with Gasteiger partial charge < -0.3 is 19.0 Å². The Balaban J connectivity index is 1.51. The predicted molar refractivity (Wildman–Crippen MR) is 94.9 cm³/mol. The number of hydrogen-bond acceptors (Lipinski definition) is 6. The molecule has 1 saturated heterocycles. The molecule has 1 aromatic carbocycles. The van der Waals surface area contributed by atoms with Crippen LogP contribution in [0.3, 0.4) is 0 Å². The van der Waals surface area contributed by atoms with Crippen LogP contribution in [0.15, 0.2) is 41.0 Å². The lowest BCUT2D eigenvalue weighted by atomic mass is 10.1. The van der Waals surface area contributed by atoms with E-state index in [1.54, 1.807) is 26.5 Å². The second-order valence-corrected chi connectivity index (χ2v) is 6.33. The highest BCUT2D eigenvalue weighted by Gasteiger charge is 2.21. The Morgan fingerprint density at radius 2 is 1.68 bits per heavy atom. The van der Waals surface area contributed by atoms with Gasteiger partial charge >= 0.3 is 0 Å². The van der Waals surface area contributed by atoms with Gasteiger partial charge in [0.25, 0.3) is 0 Å². The summed E-state index contributed by atoms with van der Waals surface area (Å²) < 4.78 is 15.9. The van der Waals surface area contributed by atoms with Gasteiger partial charge in [0.05, 0.1) is 20.5 Å². The maximum atomic E-state index is 10.2. The van der Waals surface area contributed by atoms with Crippen LogP contribution in [0.4, 0.5) is 0 Å². The number of ether oxygens (including phenoxy) is 2. The largest absolute Gasteiger partial charge is 0.497 e. The van der Waals surface area contributed by atoms with Crippen LogP contribution in [0.1, 0.15) is 17.4 Å². The summed E-state index contributed by atoms with van der Waals surface area (Å²) in [6, 6.07) is 9.61. The quantitative estimate of drug-likeness (QED) is 0.829. The molecule has 0 radical (unpaired) electrons. The van der Waals surface area contributed by atoms with E-state index in [4.69, 9.17) is 13.9 Å². The summed E-state index contributed by atoms with van der Waals surface area (Å²) in [7, 11) is 3.34. The summed E-state index contributed by atoms with van der Waals surface area (Å²) in [6.45, 7) is 5.25. The first kappa shape index (κ1) is 17.8. The zero-order chi connectivity index (χ0) is 17.6. The molecule has 2 heterocycles. The van der Waals surface area contributed by atoms with E-state index in [1.807, 2.05) is 12.1 Å². The van der Waals surface area contributed by atoms with Gasteiger partial charge in [-0.2, -0.15) is 0 Å². The molecule has 136 valence electrons. The molecule has 0 spiro atoms. The molecule has 1 N–H and O–H groups in total.